The second-order valence-corrected chi connectivity index (χ2v) is 7.20. The van der Waals surface area contributed by atoms with E-state index < -0.39 is 12.1 Å². The SMILES string of the molecule is CC(C)n1c(=O)n(C(=O)NCCN2CCNCC2)c2ccccc21.O=C(O)C(F)(F)F. The predicted molar refractivity (Wildman–Crippen MR) is 108 cm³/mol. The first-order chi connectivity index (χ1) is 14.5. The van der Waals surface area contributed by atoms with Crippen LogP contribution in [0.2, 0.25) is 0 Å². The van der Waals surface area contributed by atoms with E-state index in [2.05, 4.69) is 15.5 Å². The molecular formula is C19H26F3N5O4. The van der Waals surface area contributed by atoms with Gasteiger partial charge < -0.3 is 15.7 Å². The molecule has 172 valence electrons. The van der Waals surface area contributed by atoms with Gasteiger partial charge in [-0.2, -0.15) is 13.2 Å². The maximum Gasteiger partial charge on any atom is 0.490 e. The van der Waals surface area contributed by atoms with Gasteiger partial charge in [0, 0.05) is 45.3 Å². The Hall–Kier alpha value is -2.86. The molecule has 0 spiro atoms. The minimum Gasteiger partial charge on any atom is -0.475 e. The fraction of sp³-hybridized carbons (Fsp3) is 0.526. The third-order valence-corrected chi connectivity index (χ3v) is 4.66. The quantitative estimate of drug-likeness (QED) is 0.658. The van der Waals surface area contributed by atoms with Gasteiger partial charge in [0.05, 0.1) is 11.0 Å². The van der Waals surface area contributed by atoms with E-state index in [-0.39, 0.29) is 17.8 Å². The zero-order chi connectivity index (χ0) is 23.2. The molecule has 1 amide bonds. The molecule has 0 unspecified atom stereocenters. The fourth-order valence-electron chi connectivity index (χ4n) is 3.20. The lowest BCUT2D eigenvalue weighted by molar-refractivity contribution is -0.192. The molecule has 1 aliphatic heterocycles. The van der Waals surface area contributed by atoms with Gasteiger partial charge in [0.2, 0.25) is 0 Å². The number of rotatable bonds is 4. The summed E-state index contributed by atoms with van der Waals surface area (Å²) < 4.78 is 34.6. The lowest BCUT2D eigenvalue weighted by atomic mass is 10.3. The number of carboxylic acids is 1. The topological polar surface area (TPSA) is 109 Å². The van der Waals surface area contributed by atoms with E-state index in [1.54, 1.807) is 4.57 Å². The number of halogens is 3. The minimum absolute atomic E-state index is 0.00250. The van der Waals surface area contributed by atoms with Crippen LogP contribution in [0, 0.1) is 0 Å². The minimum atomic E-state index is -5.08. The van der Waals surface area contributed by atoms with Crippen LogP contribution in [0.1, 0.15) is 19.9 Å². The number of hydrogen-bond donors (Lipinski definition) is 3. The number of benzene rings is 1. The molecule has 1 aromatic carbocycles. The molecule has 3 N–H and O–H groups in total. The summed E-state index contributed by atoms with van der Waals surface area (Å²) in [6.07, 6.45) is -5.08. The molecule has 31 heavy (non-hydrogen) atoms. The smallest absolute Gasteiger partial charge is 0.475 e. The molecule has 1 saturated heterocycles. The van der Waals surface area contributed by atoms with E-state index in [4.69, 9.17) is 9.90 Å². The molecular weight excluding hydrogens is 419 g/mol. The molecule has 0 radical (unpaired) electrons. The third-order valence-electron chi connectivity index (χ3n) is 4.66. The number of carbonyl (C=O) groups is 2. The Morgan fingerprint density at radius 2 is 1.71 bits per heavy atom. The molecule has 12 heteroatoms. The highest BCUT2D eigenvalue weighted by molar-refractivity contribution is 5.89. The van der Waals surface area contributed by atoms with Gasteiger partial charge in [0.1, 0.15) is 0 Å². The number of hydrogen-bond acceptors (Lipinski definition) is 5. The summed E-state index contributed by atoms with van der Waals surface area (Å²) in [6.45, 7) is 9.16. The number of para-hydroxylation sites is 2. The van der Waals surface area contributed by atoms with Crippen molar-refractivity contribution in [2.45, 2.75) is 26.1 Å². The van der Waals surface area contributed by atoms with E-state index in [0.717, 1.165) is 38.2 Å². The van der Waals surface area contributed by atoms with Crippen molar-refractivity contribution in [3.8, 4) is 0 Å². The van der Waals surface area contributed by atoms with E-state index in [1.807, 2.05) is 38.1 Å². The zero-order valence-corrected chi connectivity index (χ0v) is 17.3. The zero-order valence-electron chi connectivity index (χ0n) is 17.3. The molecule has 0 atom stereocenters. The Morgan fingerprint density at radius 1 is 1.16 bits per heavy atom. The summed E-state index contributed by atoms with van der Waals surface area (Å²) in [5, 5.41) is 13.3. The Balaban J connectivity index is 0.000000423. The largest absolute Gasteiger partial charge is 0.490 e. The normalized spacial score (nSPS) is 14.9. The first-order valence-electron chi connectivity index (χ1n) is 9.77. The van der Waals surface area contributed by atoms with E-state index in [9.17, 15) is 22.8 Å². The number of aliphatic carboxylic acids is 1. The van der Waals surface area contributed by atoms with Crippen LogP contribution in [-0.4, -0.2) is 76.6 Å². The van der Waals surface area contributed by atoms with Crippen molar-refractivity contribution in [1.29, 1.82) is 0 Å². The second-order valence-electron chi connectivity index (χ2n) is 7.20. The standard InChI is InChI=1S/C17H25N5O2.C2HF3O2/c1-13(2)21-14-5-3-4-6-15(14)22(17(21)24)16(23)19-9-12-20-10-7-18-8-11-20;3-2(4,5)1(6)7/h3-6,13,18H,7-12H2,1-2H3,(H,19,23);(H,6,7). The van der Waals surface area contributed by atoms with Crippen LogP contribution < -0.4 is 16.3 Å². The molecule has 2 aromatic rings. The van der Waals surface area contributed by atoms with Crippen LogP contribution in [-0.2, 0) is 4.79 Å². The number of nitrogens with one attached hydrogen (secondary N) is 2. The molecule has 3 rings (SSSR count). The molecule has 0 bridgehead atoms. The fourth-order valence-corrected chi connectivity index (χ4v) is 3.20. The Bertz CT molecular complexity index is 962. The highest BCUT2D eigenvalue weighted by Gasteiger charge is 2.38. The molecule has 9 nitrogen and oxygen atoms in total. The van der Waals surface area contributed by atoms with Gasteiger partial charge in [-0.1, -0.05) is 12.1 Å². The third kappa shape index (κ3) is 6.31. The van der Waals surface area contributed by atoms with Crippen molar-refractivity contribution in [2.75, 3.05) is 39.3 Å². The molecule has 0 aliphatic carbocycles. The summed E-state index contributed by atoms with van der Waals surface area (Å²) in [7, 11) is 0. The maximum absolute atomic E-state index is 12.7. The average molecular weight is 445 g/mol. The lowest BCUT2D eigenvalue weighted by Crippen LogP contribution is -2.47. The molecule has 0 saturated carbocycles. The molecule has 1 aromatic heterocycles. The number of imidazole rings is 1. The van der Waals surface area contributed by atoms with Crippen molar-refractivity contribution < 1.29 is 27.9 Å². The van der Waals surface area contributed by atoms with Crippen LogP contribution in [0.25, 0.3) is 11.0 Å². The van der Waals surface area contributed by atoms with E-state index >= 15 is 0 Å². The van der Waals surface area contributed by atoms with Gasteiger partial charge in [-0.05, 0) is 26.0 Å². The van der Waals surface area contributed by atoms with Crippen molar-refractivity contribution in [3.63, 3.8) is 0 Å². The number of nitrogens with zero attached hydrogens (tertiary/aromatic N) is 3. The number of amides is 1. The van der Waals surface area contributed by atoms with Gasteiger partial charge in [-0.3, -0.25) is 9.47 Å². The van der Waals surface area contributed by atoms with Crippen LogP contribution >= 0.6 is 0 Å². The van der Waals surface area contributed by atoms with Crippen molar-refractivity contribution >= 4 is 23.0 Å². The van der Waals surface area contributed by atoms with Gasteiger partial charge >= 0.3 is 23.9 Å². The van der Waals surface area contributed by atoms with Crippen LogP contribution in [0.3, 0.4) is 0 Å². The number of alkyl halides is 3. The summed E-state index contributed by atoms with van der Waals surface area (Å²) in [6, 6.07) is 7.06. The average Bonchev–Trinajstić information content (AvgIpc) is 3.00. The van der Waals surface area contributed by atoms with Gasteiger partial charge in [-0.25, -0.2) is 19.0 Å². The highest BCUT2D eigenvalue weighted by Crippen LogP contribution is 2.16. The van der Waals surface area contributed by atoms with Crippen LogP contribution in [0.4, 0.5) is 18.0 Å². The monoisotopic (exact) mass is 445 g/mol. The van der Waals surface area contributed by atoms with Crippen LogP contribution in [0.15, 0.2) is 29.1 Å². The highest BCUT2D eigenvalue weighted by atomic mass is 19.4. The van der Waals surface area contributed by atoms with Gasteiger partial charge in [-0.15, -0.1) is 0 Å². The summed E-state index contributed by atoms with van der Waals surface area (Å²) in [5.74, 6) is -2.76. The van der Waals surface area contributed by atoms with Crippen molar-refractivity contribution in [1.82, 2.24) is 24.7 Å². The number of aromatic nitrogens is 2. The molecule has 1 aliphatic rings. The summed E-state index contributed by atoms with van der Waals surface area (Å²) in [5.41, 5.74) is 1.15. The van der Waals surface area contributed by atoms with Crippen molar-refractivity contribution in [2.24, 2.45) is 0 Å². The number of piperazine rings is 1. The van der Waals surface area contributed by atoms with Crippen LogP contribution in [0.5, 0.6) is 0 Å². The number of fused-ring (bicyclic) bond motifs is 1. The first-order valence-corrected chi connectivity index (χ1v) is 9.77. The Kier molecular flexibility index (Phi) is 8.22. The second kappa shape index (κ2) is 10.4. The van der Waals surface area contributed by atoms with Crippen molar-refractivity contribution in [3.05, 3.63) is 34.7 Å². The maximum atomic E-state index is 12.7. The number of carboxylic acid groups (broad SMARTS) is 1. The van der Waals surface area contributed by atoms with E-state index in [1.165, 1.54) is 4.57 Å². The first kappa shape index (κ1) is 24.4. The summed E-state index contributed by atoms with van der Waals surface area (Å²) in [4.78, 5) is 36.4. The Morgan fingerprint density at radius 3 is 2.23 bits per heavy atom. The molecule has 2 heterocycles. The van der Waals surface area contributed by atoms with Gasteiger partial charge in [0.25, 0.3) is 0 Å². The summed E-state index contributed by atoms with van der Waals surface area (Å²) >= 11 is 0. The van der Waals surface area contributed by atoms with Gasteiger partial charge in [0.15, 0.2) is 0 Å². The number of carbonyl (C=O) groups excluding carboxylic acids is 1. The van der Waals surface area contributed by atoms with E-state index in [0.29, 0.717) is 12.1 Å². The Labute approximate surface area is 176 Å². The predicted octanol–water partition coefficient (Wildman–Crippen LogP) is 1.48. The lowest BCUT2D eigenvalue weighted by Gasteiger charge is -2.27. The molecule has 1 fully saturated rings.